The number of hydrogen-bond donors (Lipinski definition) is 0. The average Bonchev–Trinajstić information content (AvgIpc) is 3.00. The second-order valence-corrected chi connectivity index (χ2v) is 5.75. The molecule has 1 aliphatic heterocycles. The van der Waals surface area contributed by atoms with Gasteiger partial charge in [-0.3, -0.25) is 9.59 Å². The molecule has 2 aromatic rings. The Labute approximate surface area is 136 Å². The van der Waals surface area contributed by atoms with Gasteiger partial charge in [-0.05, 0) is 42.7 Å². The summed E-state index contributed by atoms with van der Waals surface area (Å²) in [6.45, 7) is 2.75. The van der Waals surface area contributed by atoms with Crippen LogP contribution in [0.3, 0.4) is 0 Å². The maximum atomic E-state index is 12.4. The SMILES string of the molecule is Cc1ccccc1C=CC(=O)c1cccc(N2CCCC2=O)c1. The highest BCUT2D eigenvalue weighted by Gasteiger charge is 2.21. The number of carbonyl (C=O) groups excluding carboxylic acids is 2. The van der Waals surface area contributed by atoms with Crippen molar-refractivity contribution >= 4 is 23.5 Å². The Morgan fingerprint density at radius 2 is 1.96 bits per heavy atom. The van der Waals surface area contributed by atoms with Crippen molar-refractivity contribution in [2.75, 3.05) is 11.4 Å². The highest BCUT2D eigenvalue weighted by atomic mass is 16.2. The van der Waals surface area contributed by atoms with Crippen LogP contribution >= 0.6 is 0 Å². The van der Waals surface area contributed by atoms with Crippen molar-refractivity contribution in [2.45, 2.75) is 19.8 Å². The Bertz CT molecular complexity index is 777. The molecule has 3 rings (SSSR count). The van der Waals surface area contributed by atoms with Crippen LogP contribution in [0.4, 0.5) is 5.69 Å². The highest BCUT2D eigenvalue weighted by molar-refractivity contribution is 6.08. The second kappa shape index (κ2) is 6.61. The van der Waals surface area contributed by atoms with Gasteiger partial charge in [0.2, 0.25) is 5.91 Å². The molecule has 1 aliphatic rings. The number of nitrogens with zero attached hydrogens (tertiary/aromatic N) is 1. The fourth-order valence-electron chi connectivity index (χ4n) is 2.78. The fraction of sp³-hybridized carbons (Fsp3) is 0.200. The van der Waals surface area contributed by atoms with Crippen molar-refractivity contribution in [2.24, 2.45) is 0 Å². The number of hydrogen-bond acceptors (Lipinski definition) is 2. The summed E-state index contributed by atoms with van der Waals surface area (Å²) in [7, 11) is 0. The fourth-order valence-corrected chi connectivity index (χ4v) is 2.78. The minimum Gasteiger partial charge on any atom is -0.312 e. The molecule has 0 radical (unpaired) electrons. The Hall–Kier alpha value is -2.68. The first-order valence-corrected chi connectivity index (χ1v) is 7.83. The molecule has 1 heterocycles. The van der Waals surface area contributed by atoms with E-state index < -0.39 is 0 Å². The summed E-state index contributed by atoms with van der Waals surface area (Å²) in [6, 6.07) is 15.2. The smallest absolute Gasteiger partial charge is 0.227 e. The molecule has 2 aromatic carbocycles. The van der Waals surface area contributed by atoms with Crippen LogP contribution in [-0.2, 0) is 4.79 Å². The molecule has 0 spiro atoms. The summed E-state index contributed by atoms with van der Waals surface area (Å²) < 4.78 is 0. The maximum Gasteiger partial charge on any atom is 0.227 e. The molecular formula is C20H19NO2. The van der Waals surface area contributed by atoms with Crippen LogP contribution in [0.15, 0.2) is 54.6 Å². The molecule has 3 heteroatoms. The molecule has 1 fully saturated rings. The number of aryl methyl sites for hydroxylation is 1. The third-order valence-corrected chi connectivity index (χ3v) is 4.12. The molecule has 0 aliphatic carbocycles. The summed E-state index contributed by atoms with van der Waals surface area (Å²) in [6.07, 6.45) is 4.90. The monoisotopic (exact) mass is 305 g/mol. The van der Waals surface area contributed by atoms with E-state index in [2.05, 4.69) is 0 Å². The molecule has 0 atom stereocenters. The first kappa shape index (κ1) is 15.2. The molecule has 0 aromatic heterocycles. The Morgan fingerprint density at radius 1 is 1.13 bits per heavy atom. The number of anilines is 1. The molecule has 116 valence electrons. The van der Waals surface area contributed by atoms with E-state index >= 15 is 0 Å². The third kappa shape index (κ3) is 3.39. The van der Waals surface area contributed by atoms with E-state index in [1.54, 1.807) is 23.1 Å². The lowest BCUT2D eigenvalue weighted by atomic mass is 10.1. The highest BCUT2D eigenvalue weighted by Crippen LogP contribution is 2.22. The Morgan fingerprint density at radius 3 is 2.70 bits per heavy atom. The van der Waals surface area contributed by atoms with Crippen LogP contribution in [0.2, 0.25) is 0 Å². The predicted octanol–water partition coefficient (Wildman–Crippen LogP) is 4.02. The van der Waals surface area contributed by atoms with Crippen molar-refractivity contribution in [3.63, 3.8) is 0 Å². The van der Waals surface area contributed by atoms with E-state index in [0.717, 1.165) is 29.8 Å². The lowest BCUT2D eigenvalue weighted by Crippen LogP contribution is -2.23. The minimum atomic E-state index is -0.0539. The van der Waals surface area contributed by atoms with Crippen molar-refractivity contribution in [1.82, 2.24) is 0 Å². The van der Waals surface area contributed by atoms with Gasteiger partial charge in [-0.2, -0.15) is 0 Å². The molecule has 23 heavy (non-hydrogen) atoms. The number of carbonyl (C=O) groups is 2. The Kier molecular flexibility index (Phi) is 4.38. The van der Waals surface area contributed by atoms with Crippen molar-refractivity contribution in [3.05, 3.63) is 71.3 Å². The molecule has 0 saturated carbocycles. The molecule has 0 unspecified atom stereocenters. The normalized spacial score (nSPS) is 14.7. The summed E-state index contributed by atoms with van der Waals surface area (Å²) in [5.74, 6) is 0.0757. The summed E-state index contributed by atoms with van der Waals surface area (Å²) in [5.41, 5.74) is 3.58. The zero-order chi connectivity index (χ0) is 16.2. The van der Waals surface area contributed by atoms with Gasteiger partial charge in [-0.1, -0.05) is 42.5 Å². The first-order valence-electron chi connectivity index (χ1n) is 7.83. The van der Waals surface area contributed by atoms with E-state index in [4.69, 9.17) is 0 Å². The molecular weight excluding hydrogens is 286 g/mol. The minimum absolute atomic E-state index is 0.0539. The van der Waals surface area contributed by atoms with E-state index in [0.29, 0.717) is 12.0 Å². The largest absolute Gasteiger partial charge is 0.312 e. The van der Waals surface area contributed by atoms with E-state index in [1.807, 2.05) is 49.4 Å². The van der Waals surface area contributed by atoms with Gasteiger partial charge in [0, 0.05) is 24.2 Å². The zero-order valence-electron chi connectivity index (χ0n) is 13.2. The van der Waals surface area contributed by atoms with Gasteiger partial charge in [0.25, 0.3) is 0 Å². The number of allylic oxidation sites excluding steroid dienone is 1. The standard InChI is InChI=1S/C20H19NO2/c1-15-6-2-3-7-16(15)11-12-19(22)17-8-4-9-18(14-17)21-13-5-10-20(21)23/h2-4,6-9,11-12,14H,5,10,13H2,1H3. The van der Waals surface area contributed by atoms with Gasteiger partial charge in [-0.25, -0.2) is 0 Å². The number of amides is 1. The molecule has 1 amide bonds. The quantitative estimate of drug-likeness (QED) is 0.632. The van der Waals surface area contributed by atoms with Crippen molar-refractivity contribution in [3.8, 4) is 0 Å². The first-order chi connectivity index (χ1) is 11.1. The van der Waals surface area contributed by atoms with Crippen LogP contribution in [0, 0.1) is 6.92 Å². The lowest BCUT2D eigenvalue weighted by molar-refractivity contribution is -0.117. The number of ketones is 1. The predicted molar refractivity (Wildman–Crippen MR) is 92.6 cm³/mol. The second-order valence-electron chi connectivity index (χ2n) is 5.75. The van der Waals surface area contributed by atoms with Crippen LogP contribution < -0.4 is 4.90 Å². The van der Waals surface area contributed by atoms with Gasteiger partial charge < -0.3 is 4.90 Å². The number of rotatable bonds is 4. The topological polar surface area (TPSA) is 37.4 Å². The summed E-state index contributed by atoms with van der Waals surface area (Å²) in [4.78, 5) is 26.0. The molecule has 1 saturated heterocycles. The van der Waals surface area contributed by atoms with E-state index in [-0.39, 0.29) is 11.7 Å². The summed E-state index contributed by atoms with van der Waals surface area (Å²) in [5, 5.41) is 0. The van der Waals surface area contributed by atoms with E-state index in [1.165, 1.54) is 0 Å². The van der Waals surface area contributed by atoms with E-state index in [9.17, 15) is 9.59 Å². The zero-order valence-corrected chi connectivity index (χ0v) is 13.2. The van der Waals surface area contributed by atoms with Crippen LogP contribution in [0.1, 0.15) is 34.3 Å². The summed E-state index contributed by atoms with van der Waals surface area (Å²) >= 11 is 0. The van der Waals surface area contributed by atoms with Crippen molar-refractivity contribution in [1.29, 1.82) is 0 Å². The molecule has 0 bridgehead atoms. The molecule has 0 N–H and O–H groups in total. The lowest BCUT2D eigenvalue weighted by Gasteiger charge is -2.16. The van der Waals surface area contributed by atoms with Gasteiger partial charge in [0.15, 0.2) is 5.78 Å². The van der Waals surface area contributed by atoms with Gasteiger partial charge >= 0.3 is 0 Å². The van der Waals surface area contributed by atoms with Gasteiger partial charge in [-0.15, -0.1) is 0 Å². The third-order valence-electron chi connectivity index (χ3n) is 4.12. The van der Waals surface area contributed by atoms with Crippen LogP contribution in [0.5, 0.6) is 0 Å². The molecule has 3 nitrogen and oxygen atoms in total. The van der Waals surface area contributed by atoms with Gasteiger partial charge in [0.05, 0.1) is 0 Å². The van der Waals surface area contributed by atoms with Crippen LogP contribution in [0.25, 0.3) is 6.08 Å². The van der Waals surface area contributed by atoms with Crippen molar-refractivity contribution < 1.29 is 9.59 Å². The van der Waals surface area contributed by atoms with Crippen LogP contribution in [-0.4, -0.2) is 18.2 Å². The average molecular weight is 305 g/mol. The van der Waals surface area contributed by atoms with Gasteiger partial charge in [0.1, 0.15) is 0 Å². The number of benzene rings is 2. The maximum absolute atomic E-state index is 12.4. The Balaban J connectivity index is 1.80.